The zero-order valence-electron chi connectivity index (χ0n) is 8.29. The van der Waals surface area contributed by atoms with E-state index in [2.05, 4.69) is 15.9 Å². The maximum Gasteiger partial charge on any atom is 0.126 e. The van der Waals surface area contributed by atoms with Gasteiger partial charge in [0.05, 0.1) is 0 Å². The second kappa shape index (κ2) is 6.20. The van der Waals surface area contributed by atoms with Crippen LogP contribution in [0.4, 0.5) is 4.39 Å². The minimum atomic E-state index is -0.243. The average Bonchev–Trinajstić information content (AvgIpc) is 2.24. The minimum absolute atomic E-state index is 0.0634. The number of hydrogen-bond donors (Lipinski definition) is 2. The third-order valence-electron chi connectivity index (χ3n) is 2.35. The molecule has 1 aromatic rings. The van der Waals surface area contributed by atoms with Crippen LogP contribution in [0.1, 0.15) is 12.0 Å². The normalized spacial score (nSPS) is 11.0. The van der Waals surface area contributed by atoms with Gasteiger partial charge in [-0.3, -0.25) is 0 Å². The Bertz CT molecular complexity index is 313. The first-order chi connectivity index (χ1) is 7.17. The summed E-state index contributed by atoms with van der Waals surface area (Å²) in [5, 5.41) is 17.7. The number of hydrogen-bond acceptors (Lipinski definition) is 2. The third-order valence-corrected chi connectivity index (χ3v) is 2.84. The van der Waals surface area contributed by atoms with Crippen LogP contribution in [-0.4, -0.2) is 23.4 Å². The number of benzene rings is 1. The van der Waals surface area contributed by atoms with Gasteiger partial charge in [-0.1, -0.05) is 15.9 Å². The Morgan fingerprint density at radius 3 is 2.53 bits per heavy atom. The molecule has 4 heteroatoms. The van der Waals surface area contributed by atoms with E-state index in [1.54, 1.807) is 12.1 Å². The Morgan fingerprint density at radius 2 is 1.93 bits per heavy atom. The lowest BCUT2D eigenvalue weighted by atomic mass is 10.0. The highest BCUT2D eigenvalue weighted by Crippen LogP contribution is 2.18. The van der Waals surface area contributed by atoms with E-state index in [1.807, 2.05) is 0 Å². The topological polar surface area (TPSA) is 40.5 Å². The molecule has 84 valence electrons. The molecule has 0 aliphatic heterocycles. The van der Waals surface area contributed by atoms with Crippen LogP contribution < -0.4 is 0 Å². The van der Waals surface area contributed by atoms with E-state index in [1.165, 1.54) is 6.07 Å². The second-order valence-electron chi connectivity index (χ2n) is 3.51. The molecular weight excluding hydrogens is 263 g/mol. The fourth-order valence-corrected chi connectivity index (χ4v) is 1.74. The van der Waals surface area contributed by atoms with E-state index in [0.29, 0.717) is 18.4 Å². The molecule has 0 unspecified atom stereocenters. The molecule has 0 spiro atoms. The monoisotopic (exact) mass is 276 g/mol. The zero-order chi connectivity index (χ0) is 11.3. The van der Waals surface area contributed by atoms with Crippen molar-refractivity contribution in [3.63, 3.8) is 0 Å². The Hall–Kier alpha value is -0.450. The van der Waals surface area contributed by atoms with E-state index in [9.17, 15) is 4.39 Å². The standard InChI is InChI=1S/C11H14BrFO2/c12-10-3-4-11(13)9(5-10)2-1-8(6-14)7-15/h3-5,8,14-15H,1-2,6-7H2. The third kappa shape index (κ3) is 3.89. The molecule has 0 saturated carbocycles. The van der Waals surface area contributed by atoms with Gasteiger partial charge in [-0.25, -0.2) is 4.39 Å². The molecule has 1 rings (SSSR count). The van der Waals surface area contributed by atoms with Gasteiger partial charge in [-0.15, -0.1) is 0 Å². The summed E-state index contributed by atoms with van der Waals surface area (Å²) >= 11 is 3.27. The predicted octanol–water partition coefficient (Wildman–Crippen LogP) is 2.12. The molecule has 0 amide bonds. The van der Waals surface area contributed by atoms with Crippen molar-refractivity contribution in [1.82, 2.24) is 0 Å². The Balaban J connectivity index is 2.60. The molecule has 0 radical (unpaired) electrons. The maximum atomic E-state index is 13.3. The lowest BCUT2D eigenvalue weighted by molar-refractivity contribution is 0.144. The smallest absolute Gasteiger partial charge is 0.126 e. The summed E-state index contributed by atoms with van der Waals surface area (Å²) in [5.41, 5.74) is 0.608. The first-order valence-electron chi connectivity index (χ1n) is 4.83. The summed E-state index contributed by atoms with van der Waals surface area (Å²) in [5.74, 6) is -0.406. The molecule has 2 N–H and O–H groups in total. The lowest BCUT2D eigenvalue weighted by Crippen LogP contribution is -2.12. The van der Waals surface area contributed by atoms with E-state index in [4.69, 9.17) is 10.2 Å². The zero-order valence-corrected chi connectivity index (χ0v) is 9.87. The second-order valence-corrected chi connectivity index (χ2v) is 4.42. The number of rotatable bonds is 5. The molecule has 0 bridgehead atoms. The molecule has 2 nitrogen and oxygen atoms in total. The molecule has 0 atom stereocenters. The molecule has 0 aromatic heterocycles. The minimum Gasteiger partial charge on any atom is -0.396 e. The Kier molecular flexibility index (Phi) is 5.22. The number of halogens is 2. The van der Waals surface area contributed by atoms with Crippen molar-refractivity contribution in [1.29, 1.82) is 0 Å². The highest BCUT2D eigenvalue weighted by Gasteiger charge is 2.08. The predicted molar refractivity (Wildman–Crippen MR) is 60.1 cm³/mol. The fraction of sp³-hybridized carbons (Fsp3) is 0.455. The van der Waals surface area contributed by atoms with Gasteiger partial charge in [0.1, 0.15) is 5.82 Å². The van der Waals surface area contributed by atoms with Gasteiger partial charge in [-0.05, 0) is 36.6 Å². The van der Waals surface area contributed by atoms with Crippen LogP contribution in [-0.2, 0) is 6.42 Å². The summed E-state index contributed by atoms with van der Waals surface area (Å²) in [6, 6.07) is 4.78. The van der Waals surface area contributed by atoms with Crippen molar-refractivity contribution in [2.24, 2.45) is 5.92 Å². The summed E-state index contributed by atoms with van der Waals surface area (Å²) in [7, 11) is 0. The highest BCUT2D eigenvalue weighted by atomic mass is 79.9. The summed E-state index contributed by atoms with van der Waals surface area (Å²) in [6.45, 7) is -0.127. The van der Waals surface area contributed by atoms with Crippen LogP contribution in [0.3, 0.4) is 0 Å². The van der Waals surface area contributed by atoms with Crippen molar-refractivity contribution in [3.05, 3.63) is 34.1 Å². The van der Waals surface area contributed by atoms with Crippen LogP contribution in [0.5, 0.6) is 0 Å². The quantitative estimate of drug-likeness (QED) is 0.865. The summed E-state index contributed by atoms with van der Waals surface area (Å²) in [6.07, 6.45) is 1.11. The lowest BCUT2D eigenvalue weighted by Gasteiger charge is -2.10. The fourth-order valence-electron chi connectivity index (χ4n) is 1.33. The van der Waals surface area contributed by atoms with Gasteiger partial charge in [0, 0.05) is 23.6 Å². The molecule has 15 heavy (non-hydrogen) atoms. The van der Waals surface area contributed by atoms with Crippen molar-refractivity contribution in [2.75, 3.05) is 13.2 Å². The number of aliphatic hydroxyl groups excluding tert-OH is 2. The van der Waals surface area contributed by atoms with Gasteiger partial charge in [0.15, 0.2) is 0 Å². The van der Waals surface area contributed by atoms with Gasteiger partial charge in [0.25, 0.3) is 0 Å². The first-order valence-corrected chi connectivity index (χ1v) is 5.62. The van der Waals surface area contributed by atoms with Crippen molar-refractivity contribution < 1.29 is 14.6 Å². The van der Waals surface area contributed by atoms with Crippen LogP contribution in [0.25, 0.3) is 0 Å². The van der Waals surface area contributed by atoms with Gasteiger partial charge in [0.2, 0.25) is 0 Å². The highest BCUT2D eigenvalue weighted by molar-refractivity contribution is 9.10. The van der Waals surface area contributed by atoms with Crippen molar-refractivity contribution in [3.8, 4) is 0 Å². The van der Waals surface area contributed by atoms with E-state index in [0.717, 1.165) is 4.47 Å². The molecule has 0 heterocycles. The van der Waals surface area contributed by atoms with Crippen LogP contribution >= 0.6 is 15.9 Å². The van der Waals surface area contributed by atoms with Crippen molar-refractivity contribution in [2.45, 2.75) is 12.8 Å². The first kappa shape index (κ1) is 12.6. The average molecular weight is 277 g/mol. The van der Waals surface area contributed by atoms with Crippen LogP contribution in [0.15, 0.2) is 22.7 Å². The Labute approximate surface area is 96.9 Å². The maximum absolute atomic E-state index is 13.3. The number of aliphatic hydroxyl groups is 2. The Morgan fingerprint density at radius 1 is 1.27 bits per heavy atom. The molecule has 0 aliphatic carbocycles. The summed E-state index contributed by atoms with van der Waals surface area (Å²) < 4.78 is 14.1. The molecule has 0 aliphatic rings. The van der Waals surface area contributed by atoms with Gasteiger partial charge >= 0.3 is 0 Å². The van der Waals surface area contributed by atoms with Crippen LogP contribution in [0, 0.1) is 11.7 Å². The van der Waals surface area contributed by atoms with Gasteiger partial charge in [-0.2, -0.15) is 0 Å². The molecule has 0 saturated heterocycles. The number of aryl methyl sites for hydroxylation is 1. The summed E-state index contributed by atoms with van der Waals surface area (Å²) in [4.78, 5) is 0. The van der Waals surface area contributed by atoms with Gasteiger partial charge < -0.3 is 10.2 Å². The van der Waals surface area contributed by atoms with E-state index >= 15 is 0 Å². The molecule has 0 fully saturated rings. The van der Waals surface area contributed by atoms with Crippen LogP contribution in [0.2, 0.25) is 0 Å². The largest absolute Gasteiger partial charge is 0.396 e. The van der Waals surface area contributed by atoms with E-state index < -0.39 is 0 Å². The van der Waals surface area contributed by atoms with E-state index in [-0.39, 0.29) is 24.9 Å². The molecular formula is C11H14BrFO2. The SMILES string of the molecule is OCC(CO)CCc1cc(Br)ccc1F. The van der Waals surface area contributed by atoms with Crippen molar-refractivity contribution >= 4 is 15.9 Å². The molecule has 1 aromatic carbocycles.